The van der Waals surface area contributed by atoms with Crippen molar-refractivity contribution in [3.8, 4) is 0 Å². The zero-order chi connectivity index (χ0) is 11.3. The van der Waals surface area contributed by atoms with Gasteiger partial charge in [0.1, 0.15) is 0 Å². The maximum absolute atomic E-state index is 5.49. The normalized spacial score (nSPS) is 19.7. The maximum atomic E-state index is 5.49. The van der Waals surface area contributed by atoms with Crippen LogP contribution in [0.1, 0.15) is 19.3 Å². The van der Waals surface area contributed by atoms with Crippen LogP contribution in [0.2, 0.25) is 0 Å². The lowest BCUT2D eigenvalue weighted by Crippen LogP contribution is -2.36. The largest absolute Gasteiger partial charge is 0.393 e. The van der Waals surface area contributed by atoms with E-state index < -0.39 is 0 Å². The van der Waals surface area contributed by atoms with Crippen LogP contribution >= 0.6 is 12.2 Å². The van der Waals surface area contributed by atoms with E-state index in [1.54, 1.807) is 0 Å². The van der Waals surface area contributed by atoms with Gasteiger partial charge in [-0.25, -0.2) is 0 Å². The van der Waals surface area contributed by atoms with E-state index in [9.17, 15) is 0 Å². The van der Waals surface area contributed by atoms with E-state index in [0.29, 0.717) is 4.99 Å². The third-order valence-corrected chi connectivity index (χ3v) is 3.35. The van der Waals surface area contributed by atoms with Crippen molar-refractivity contribution in [2.45, 2.75) is 19.3 Å². The number of likely N-dealkylation sites (tertiary alicyclic amines) is 1. The average molecular weight is 229 g/mol. The molecule has 1 saturated heterocycles. The van der Waals surface area contributed by atoms with Gasteiger partial charge in [-0.2, -0.15) is 0 Å². The molecule has 4 heteroatoms. The first-order valence-electron chi connectivity index (χ1n) is 5.73. The van der Waals surface area contributed by atoms with Gasteiger partial charge in [0.25, 0.3) is 0 Å². The molecule has 0 radical (unpaired) electrons. The first-order chi connectivity index (χ1) is 7.08. The molecule has 0 atom stereocenters. The lowest BCUT2D eigenvalue weighted by Gasteiger charge is -2.31. The van der Waals surface area contributed by atoms with E-state index in [2.05, 4.69) is 23.9 Å². The topological polar surface area (TPSA) is 32.5 Å². The predicted molar refractivity (Wildman–Crippen MR) is 69.1 cm³/mol. The van der Waals surface area contributed by atoms with Crippen LogP contribution in [0.3, 0.4) is 0 Å². The summed E-state index contributed by atoms with van der Waals surface area (Å²) in [4.78, 5) is 5.39. The fourth-order valence-corrected chi connectivity index (χ4v) is 2.17. The summed E-state index contributed by atoms with van der Waals surface area (Å²) in [6, 6.07) is 0. The van der Waals surface area contributed by atoms with E-state index in [-0.39, 0.29) is 0 Å². The Morgan fingerprint density at radius 2 is 2.07 bits per heavy atom. The second-order valence-corrected chi connectivity index (χ2v) is 5.25. The summed E-state index contributed by atoms with van der Waals surface area (Å²) in [6.45, 7) is 4.68. The maximum Gasteiger partial charge on any atom is 0.0740 e. The highest BCUT2D eigenvalue weighted by atomic mass is 32.1. The van der Waals surface area contributed by atoms with Gasteiger partial charge in [-0.05, 0) is 45.9 Å². The molecule has 0 aliphatic carbocycles. The molecule has 0 aromatic heterocycles. The lowest BCUT2D eigenvalue weighted by atomic mass is 9.97. The molecule has 3 nitrogen and oxygen atoms in total. The highest BCUT2D eigenvalue weighted by molar-refractivity contribution is 7.80. The molecule has 1 aliphatic heterocycles. The molecule has 88 valence electrons. The number of nitrogens with two attached hydrogens (primary N) is 1. The average Bonchev–Trinajstić information content (AvgIpc) is 2.19. The Bertz CT molecular complexity index is 200. The van der Waals surface area contributed by atoms with Gasteiger partial charge in [-0.15, -0.1) is 0 Å². The quantitative estimate of drug-likeness (QED) is 0.711. The molecule has 1 heterocycles. The van der Waals surface area contributed by atoms with Gasteiger partial charge in [0.15, 0.2) is 0 Å². The minimum absolute atomic E-state index is 0.630. The highest BCUT2D eigenvalue weighted by Crippen LogP contribution is 2.16. The summed E-state index contributed by atoms with van der Waals surface area (Å²) in [7, 11) is 4.36. The second kappa shape index (κ2) is 6.40. The zero-order valence-corrected chi connectivity index (χ0v) is 10.7. The molecule has 0 bridgehead atoms. The molecular formula is C11H23N3S. The number of rotatable bonds is 5. The van der Waals surface area contributed by atoms with Crippen molar-refractivity contribution in [2.24, 2.45) is 11.7 Å². The first-order valence-corrected chi connectivity index (χ1v) is 6.14. The Hall–Kier alpha value is -0.190. The van der Waals surface area contributed by atoms with Crippen molar-refractivity contribution in [2.75, 3.05) is 40.3 Å². The van der Waals surface area contributed by atoms with Gasteiger partial charge in [0, 0.05) is 19.5 Å². The number of hydrogen-bond donors (Lipinski definition) is 1. The fraction of sp³-hybridized carbons (Fsp3) is 0.909. The summed E-state index contributed by atoms with van der Waals surface area (Å²) in [5, 5.41) is 0. The van der Waals surface area contributed by atoms with Crippen LogP contribution in [0.15, 0.2) is 0 Å². The molecule has 15 heavy (non-hydrogen) atoms. The summed E-state index contributed by atoms with van der Waals surface area (Å²) >= 11 is 4.88. The number of nitrogens with zero attached hydrogens (tertiary/aromatic N) is 2. The van der Waals surface area contributed by atoms with Gasteiger partial charge in [-0.1, -0.05) is 12.2 Å². The van der Waals surface area contributed by atoms with E-state index >= 15 is 0 Å². The minimum Gasteiger partial charge on any atom is -0.393 e. The molecule has 1 rings (SSSR count). The molecule has 1 aliphatic rings. The third kappa shape index (κ3) is 5.44. The van der Waals surface area contributed by atoms with Crippen molar-refractivity contribution in [3.05, 3.63) is 0 Å². The van der Waals surface area contributed by atoms with Gasteiger partial charge in [0.05, 0.1) is 4.99 Å². The van der Waals surface area contributed by atoms with Crippen molar-refractivity contribution < 1.29 is 0 Å². The Labute approximate surface area is 98.6 Å². The summed E-state index contributed by atoms with van der Waals surface area (Å²) in [5.74, 6) is 0.859. The standard InChI is InChI=1S/C11H23N3S/c1-13-6-3-10(4-7-13)9-14(2)8-5-11(12)15/h10H,3-9H2,1-2H3,(H2,12,15). The smallest absolute Gasteiger partial charge is 0.0740 e. The Kier molecular flexibility index (Phi) is 5.50. The van der Waals surface area contributed by atoms with Gasteiger partial charge < -0.3 is 15.5 Å². The number of piperidine rings is 1. The van der Waals surface area contributed by atoms with E-state index in [4.69, 9.17) is 18.0 Å². The first kappa shape index (κ1) is 12.9. The summed E-state index contributed by atoms with van der Waals surface area (Å²) < 4.78 is 0. The summed E-state index contributed by atoms with van der Waals surface area (Å²) in [5.41, 5.74) is 5.49. The molecule has 0 saturated carbocycles. The molecule has 2 N–H and O–H groups in total. The molecule has 0 unspecified atom stereocenters. The van der Waals surface area contributed by atoms with Gasteiger partial charge in [0.2, 0.25) is 0 Å². The van der Waals surface area contributed by atoms with E-state index in [1.807, 2.05) is 0 Å². The Morgan fingerprint density at radius 3 is 2.60 bits per heavy atom. The lowest BCUT2D eigenvalue weighted by molar-refractivity contribution is 0.178. The molecule has 1 fully saturated rings. The van der Waals surface area contributed by atoms with Crippen LogP contribution in [0, 0.1) is 5.92 Å². The Balaban J connectivity index is 2.14. The molecule has 0 spiro atoms. The van der Waals surface area contributed by atoms with Gasteiger partial charge >= 0.3 is 0 Å². The highest BCUT2D eigenvalue weighted by Gasteiger charge is 2.17. The SMILES string of the molecule is CN1CCC(CN(C)CCC(N)=S)CC1. The monoisotopic (exact) mass is 229 g/mol. The van der Waals surface area contributed by atoms with Crippen LogP contribution in [0.5, 0.6) is 0 Å². The Morgan fingerprint density at radius 1 is 1.47 bits per heavy atom. The summed E-state index contributed by atoms with van der Waals surface area (Å²) in [6.07, 6.45) is 3.50. The minimum atomic E-state index is 0.630. The predicted octanol–water partition coefficient (Wildman–Crippen LogP) is 0.936. The molecule has 0 aromatic rings. The molecule has 0 amide bonds. The van der Waals surface area contributed by atoms with Crippen LogP contribution in [0.4, 0.5) is 0 Å². The van der Waals surface area contributed by atoms with Crippen molar-refractivity contribution >= 4 is 17.2 Å². The van der Waals surface area contributed by atoms with Crippen molar-refractivity contribution in [3.63, 3.8) is 0 Å². The molecular weight excluding hydrogens is 206 g/mol. The third-order valence-electron chi connectivity index (χ3n) is 3.15. The fourth-order valence-electron chi connectivity index (χ4n) is 2.08. The van der Waals surface area contributed by atoms with E-state index in [0.717, 1.165) is 18.9 Å². The van der Waals surface area contributed by atoms with Crippen molar-refractivity contribution in [1.82, 2.24) is 9.80 Å². The van der Waals surface area contributed by atoms with Crippen molar-refractivity contribution in [1.29, 1.82) is 0 Å². The van der Waals surface area contributed by atoms with Gasteiger partial charge in [-0.3, -0.25) is 0 Å². The van der Waals surface area contributed by atoms with Crippen LogP contribution in [-0.4, -0.2) is 55.1 Å². The van der Waals surface area contributed by atoms with Crippen LogP contribution < -0.4 is 5.73 Å². The van der Waals surface area contributed by atoms with Crippen LogP contribution in [0.25, 0.3) is 0 Å². The van der Waals surface area contributed by atoms with Crippen LogP contribution in [-0.2, 0) is 0 Å². The second-order valence-electron chi connectivity index (χ2n) is 4.73. The van der Waals surface area contributed by atoms with E-state index in [1.165, 1.54) is 32.5 Å². The number of hydrogen-bond acceptors (Lipinski definition) is 3. The number of thiocarbonyl (C=S) groups is 1. The zero-order valence-electron chi connectivity index (χ0n) is 9.91. The molecule has 0 aromatic carbocycles.